The first-order chi connectivity index (χ1) is 15.0. The number of methoxy groups -OCH3 is 1. The van der Waals surface area contributed by atoms with Crippen molar-refractivity contribution < 1.29 is 19.4 Å². The highest BCUT2D eigenvalue weighted by Gasteiger charge is 2.18. The number of carboxylic acids is 1. The molecular weight excluding hydrogens is 398 g/mol. The number of carbonyl (C=O) groups is 2. The topological polar surface area (TPSA) is 101 Å². The molecule has 1 aromatic carbocycles. The van der Waals surface area contributed by atoms with Crippen molar-refractivity contribution in [3.63, 3.8) is 0 Å². The summed E-state index contributed by atoms with van der Waals surface area (Å²) in [5.74, 6) is -1.06. The van der Waals surface area contributed by atoms with Gasteiger partial charge in [0.2, 0.25) is 0 Å². The number of hydrogen-bond donors (Lipinski definition) is 2. The number of amides is 1. The number of nitrogens with zero attached hydrogens (tertiary/aromatic N) is 2. The Morgan fingerprint density at radius 1 is 1.13 bits per heavy atom. The number of nitrogens with one attached hydrogen (secondary N) is 1. The van der Waals surface area contributed by atoms with Crippen molar-refractivity contribution in [2.45, 2.75) is 32.2 Å². The van der Waals surface area contributed by atoms with Crippen molar-refractivity contribution in [2.75, 3.05) is 33.3 Å². The van der Waals surface area contributed by atoms with Gasteiger partial charge < -0.3 is 20.1 Å². The Labute approximate surface area is 181 Å². The van der Waals surface area contributed by atoms with E-state index in [0.29, 0.717) is 23.6 Å². The van der Waals surface area contributed by atoms with Crippen LogP contribution < -0.4 is 15.6 Å². The molecule has 1 amide bonds. The number of ether oxygens (including phenoxy) is 1. The van der Waals surface area contributed by atoms with E-state index in [1.54, 1.807) is 30.3 Å². The van der Waals surface area contributed by atoms with Crippen LogP contribution in [-0.4, -0.2) is 59.7 Å². The lowest BCUT2D eigenvalue weighted by atomic mass is 10.1. The molecule has 0 unspecified atom stereocenters. The smallest absolute Gasteiger partial charge is 0.323 e. The number of aliphatic carboxylic acids is 1. The van der Waals surface area contributed by atoms with E-state index in [4.69, 9.17) is 4.74 Å². The zero-order chi connectivity index (χ0) is 22.2. The molecule has 1 fully saturated rings. The van der Waals surface area contributed by atoms with E-state index in [1.165, 1.54) is 32.4 Å². The summed E-state index contributed by atoms with van der Waals surface area (Å²) < 4.78 is 6.33. The van der Waals surface area contributed by atoms with Crippen molar-refractivity contribution in [2.24, 2.45) is 0 Å². The molecule has 1 aliphatic rings. The van der Waals surface area contributed by atoms with Crippen molar-refractivity contribution in [3.8, 4) is 17.0 Å². The van der Waals surface area contributed by atoms with Crippen LogP contribution in [0.1, 0.15) is 36.0 Å². The summed E-state index contributed by atoms with van der Waals surface area (Å²) in [7, 11) is 1.53. The summed E-state index contributed by atoms with van der Waals surface area (Å²) in [4.78, 5) is 39.3. The first-order valence-corrected chi connectivity index (χ1v) is 10.6. The van der Waals surface area contributed by atoms with E-state index in [-0.39, 0.29) is 5.56 Å². The van der Waals surface area contributed by atoms with Gasteiger partial charge in [-0.2, -0.15) is 0 Å². The third-order valence-electron chi connectivity index (χ3n) is 5.46. The Morgan fingerprint density at radius 3 is 2.61 bits per heavy atom. The summed E-state index contributed by atoms with van der Waals surface area (Å²) in [6, 6.07) is 10.0. The van der Waals surface area contributed by atoms with Gasteiger partial charge in [0, 0.05) is 12.1 Å². The van der Waals surface area contributed by atoms with E-state index in [1.807, 2.05) is 0 Å². The van der Waals surface area contributed by atoms with Gasteiger partial charge >= 0.3 is 5.97 Å². The van der Waals surface area contributed by atoms with Crippen LogP contribution in [0.25, 0.3) is 11.3 Å². The summed E-state index contributed by atoms with van der Waals surface area (Å²) in [5, 5.41) is 12.1. The normalized spacial score (nSPS) is 14.2. The minimum absolute atomic E-state index is 0.0640. The van der Waals surface area contributed by atoms with Gasteiger partial charge in [-0.05, 0) is 63.2 Å². The molecule has 8 heteroatoms. The summed E-state index contributed by atoms with van der Waals surface area (Å²) in [5.41, 5.74) is 0.348. The highest BCUT2D eigenvalue weighted by atomic mass is 16.5. The maximum Gasteiger partial charge on any atom is 0.323 e. The van der Waals surface area contributed by atoms with E-state index in [0.717, 1.165) is 30.6 Å². The summed E-state index contributed by atoms with van der Waals surface area (Å²) >= 11 is 0. The maximum atomic E-state index is 13.0. The summed E-state index contributed by atoms with van der Waals surface area (Å²) in [6.07, 6.45) is 4.52. The maximum absolute atomic E-state index is 13.0. The summed E-state index contributed by atoms with van der Waals surface area (Å²) in [6.45, 7) is 3.03. The minimum atomic E-state index is -1.16. The molecule has 2 N–H and O–H groups in total. The fraction of sp³-hybridized carbons (Fsp3) is 0.435. The van der Waals surface area contributed by atoms with Crippen LogP contribution in [0, 0.1) is 0 Å². The first-order valence-electron chi connectivity index (χ1n) is 10.6. The Kier molecular flexibility index (Phi) is 7.83. The van der Waals surface area contributed by atoms with Gasteiger partial charge in [0.15, 0.2) is 0 Å². The third kappa shape index (κ3) is 5.95. The van der Waals surface area contributed by atoms with Gasteiger partial charge in [0.25, 0.3) is 11.5 Å². The molecule has 0 spiro atoms. The molecule has 2 aromatic rings. The number of rotatable bonds is 9. The Morgan fingerprint density at radius 2 is 1.90 bits per heavy atom. The minimum Gasteiger partial charge on any atom is -0.497 e. The fourth-order valence-electron chi connectivity index (χ4n) is 3.86. The Balaban J connectivity index is 1.75. The predicted molar refractivity (Wildman–Crippen MR) is 118 cm³/mol. The highest BCUT2D eigenvalue weighted by molar-refractivity contribution is 5.94. The van der Waals surface area contributed by atoms with Crippen LogP contribution in [0.5, 0.6) is 5.75 Å². The molecule has 0 atom stereocenters. The average Bonchev–Trinajstić information content (AvgIpc) is 2.78. The molecule has 1 aromatic heterocycles. The highest BCUT2D eigenvalue weighted by Crippen LogP contribution is 2.23. The molecule has 8 nitrogen and oxygen atoms in total. The lowest BCUT2D eigenvalue weighted by Gasteiger charge is -2.26. The van der Waals surface area contributed by atoms with Gasteiger partial charge in [-0.3, -0.25) is 19.0 Å². The van der Waals surface area contributed by atoms with Crippen molar-refractivity contribution >= 4 is 11.9 Å². The van der Waals surface area contributed by atoms with Crippen LogP contribution in [-0.2, 0) is 11.3 Å². The molecule has 3 rings (SSSR count). The second kappa shape index (κ2) is 10.8. The van der Waals surface area contributed by atoms with Crippen LogP contribution in [0.15, 0.2) is 41.2 Å². The number of aromatic nitrogens is 1. The van der Waals surface area contributed by atoms with Gasteiger partial charge in [0.05, 0.1) is 12.8 Å². The number of carbonyl (C=O) groups excluding carboxylic acids is 1. The monoisotopic (exact) mass is 427 g/mol. The van der Waals surface area contributed by atoms with Crippen molar-refractivity contribution in [3.05, 3.63) is 52.3 Å². The number of piperidine rings is 1. The molecule has 1 aliphatic heterocycles. The van der Waals surface area contributed by atoms with Crippen LogP contribution in [0.2, 0.25) is 0 Å². The number of hydrogen-bond acceptors (Lipinski definition) is 5. The second-order valence-corrected chi connectivity index (χ2v) is 7.66. The fourth-order valence-corrected chi connectivity index (χ4v) is 3.86. The van der Waals surface area contributed by atoms with Gasteiger partial charge in [-0.15, -0.1) is 0 Å². The molecule has 166 valence electrons. The van der Waals surface area contributed by atoms with Crippen LogP contribution in [0.4, 0.5) is 0 Å². The largest absolute Gasteiger partial charge is 0.497 e. The molecule has 0 aliphatic carbocycles. The van der Waals surface area contributed by atoms with Gasteiger partial charge in [-0.25, -0.2) is 0 Å². The van der Waals surface area contributed by atoms with Crippen LogP contribution in [0.3, 0.4) is 0 Å². The van der Waals surface area contributed by atoms with Gasteiger partial charge in [0.1, 0.15) is 17.9 Å². The molecule has 2 heterocycles. The standard InChI is InChI=1S/C23H29N3O5/c1-31-18-8-5-7-17(15-18)20-10-9-19(23(30)26(20)16-21(27)28)22(29)24-11-6-14-25-12-3-2-4-13-25/h5,7-10,15H,2-4,6,11-14,16H2,1H3,(H,24,29)(H,27,28). The Hall–Kier alpha value is -3.13. The lowest BCUT2D eigenvalue weighted by Crippen LogP contribution is -2.36. The Bertz CT molecular complexity index is 979. The zero-order valence-corrected chi connectivity index (χ0v) is 17.8. The second-order valence-electron chi connectivity index (χ2n) is 7.66. The average molecular weight is 428 g/mol. The molecule has 0 radical (unpaired) electrons. The predicted octanol–water partition coefficient (Wildman–Crippen LogP) is 2.21. The molecule has 31 heavy (non-hydrogen) atoms. The first kappa shape index (κ1) is 22.6. The SMILES string of the molecule is COc1cccc(-c2ccc(C(=O)NCCCN3CCCCC3)c(=O)n2CC(=O)O)c1. The number of pyridine rings is 1. The third-order valence-corrected chi connectivity index (χ3v) is 5.46. The van der Waals surface area contributed by atoms with Crippen LogP contribution >= 0.6 is 0 Å². The quantitative estimate of drug-likeness (QED) is 0.595. The van der Waals surface area contributed by atoms with Gasteiger partial charge in [-0.1, -0.05) is 18.6 Å². The number of likely N-dealkylation sites (tertiary alicyclic amines) is 1. The van der Waals surface area contributed by atoms with E-state index >= 15 is 0 Å². The van der Waals surface area contributed by atoms with Crippen molar-refractivity contribution in [1.29, 1.82) is 0 Å². The zero-order valence-electron chi connectivity index (χ0n) is 17.8. The molecule has 0 saturated carbocycles. The number of carboxylic acid groups (broad SMARTS) is 1. The van der Waals surface area contributed by atoms with E-state index < -0.39 is 24.0 Å². The number of benzene rings is 1. The van der Waals surface area contributed by atoms with E-state index in [2.05, 4.69) is 10.2 Å². The van der Waals surface area contributed by atoms with E-state index in [9.17, 15) is 19.5 Å². The molecular formula is C23H29N3O5. The molecule has 1 saturated heterocycles. The molecule has 0 bridgehead atoms. The lowest BCUT2D eigenvalue weighted by molar-refractivity contribution is -0.137. The van der Waals surface area contributed by atoms with Crippen molar-refractivity contribution in [1.82, 2.24) is 14.8 Å².